The average molecular weight is 515 g/mol. The number of allylic oxidation sites excluding steroid dienone is 2. The normalized spacial score (nSPS) is 25.7. The molecule has 1 aliphatic heterocycles. The SMILES string of the molecule is CC1=C(F)C(F)=C(CC(=O)N(C)[C@H](CN2CCCC2)c2ccccc2)C(N)([N+](C)(C)S(=O)[O-])C1F. The smallest absolute Gasteiger partial charge is 0.227 e. The van der Waals surface area contributed by atoms with Crippen LogP contribution in [0.1, 0.15) is 37.8 Å². The van der Waals surface area contributed by atoms with Crippen molar-refractivity contribution in [1.29, 1.82) is 0 Å². The minimum absolute atomic E-state index is 0.402. The maximum Gasteiger partial charge on any atom is 0.227 e. The summed E-state index contributed by atoms with van der Waals surface area (Å²) in [6.45, 7) is 3.32. The number of rotatable bonds is 8. The number of likely N-dealkylation sites (tertiary alicyclic amines) is 1. The summed E-state index contributed by atoms with van der Waals surface area (Å²) in [5, 5.41) is 0. The lowest BCUT2D eigenvalue weighted by Crippen LogP contribution is -2.72. The molecule has 0 bridgehead atoms. The monoisotopic (exact) mass is 514 g/mol. The van der Waals surface area contributed by atoms with Crippen LogP contribution in [-0.2, 0) is 16.1 Å². The summed E-state index contributed by atoms with van der Waals surface area (Å²) < 4.78 is 68.1. The van der Waals surface area contributed by atoms with Gasteiger partial charge in [0.15, 0.2) is 17.8 Å². The lowest BCUT2D eigenvalue weighted by molar-refractivity contribution is -0.820. The molecule has 194 valence electrons. The topological polar surface area (TPSA) is 89.7 Å². The summed E-state index contributed by atoms with van der Waals surface area (Å²) in [6.07, 6.45) is -1.04. The van der Waals surface area contributed by atoms with Crippen molar-refractivity contribution in [2.45, 2.75) is 44.1 Å². The Balaban J connectivity index is 2.00. The Hall–Kier alpha value is -2.05. The van der Waals surface area contributed by atoms with Gasteiger partial charge in [-0.15, -0.1) is 0 Å². The Morgan fingerprint density at radius 2 is 1.83 bits per heavy atom. The standard InChI is InChI=1S/C24H33F3N4O3S/c1-16-21(25)22(26)18(24(28,23(16)27)31(3,4)35(33)34)14-20(32)29(2)19(15-30-12-8-9-13-30)17-10-6-5-7-11-17/h5-7,10-11,19,23H,8-9,12-15,28H2,1-4H3/t19-,23?,24?/m1/s1. The highest BCUT2D eigenvalue weighted by Crippen LogP contribution is 2.45. The second-order valence-electron chi connectivity index (χ2n) is 9.66. The molecule has 2 N–H and O–H groups in total. The number of hydrogen-bond acceptors (Lipinski definition) is 5. The molecule has 3 rings (SSSR count). The first kappa shape index (κ1) is 27.5. The first-order chi connectivity index (χ1) is 16.3. The lowest BCUT2D eigenvalue weighted by atomic mass is 9.82. The van der Waals surface area contributed by atoms with E-state index in [2.05, 4.69) is 4.90 Å². The third-order valence-corrected chi connectivity index (χ3v) is 8.37. The fourth-order valence-electron chi connectivity index (χ4n) is 4.80. The number of nitrogens with zero attached hydrogens (tertiary/aromatic N) is 3. The second-order valence-corrected chi connectivity index (χ2v) is 11.0. The van der Waals surface area contributed by atoms with Crippen LogP contribution in [0.15, 0.2) is 53.1 Å². The van der Waals surface area contributed by atoms with Crippen molar-refractivity contribution in [3.63, 3.8) is 0 Å². The molecular formula is C24H33F3N4O3S. The Morgan fingerprint density at radius 1 is 1.26 bits per heavy atom. The number of nitrogens with two attached hydrogens (primary N) is 1. The van der Waals surface area contributed by atoms with Gasteiger partial charge in [-0.3, -0.25) is 10.5 Å². The third-order valence-electron chi connectivity index (χ3n) is 7.32. The molecule has 1 heterocycles. The fraction of sp³-hybridized carbons (Fsp3) is 0.542. The van der Waals surface area contributed by atoms with E-state index in [1.807, 2.05) is 30.3 Å². The number of carbonyl (C=O) groups excluding carboxylic acids is 1. The maximum absolute atomic E-state index is 15.5. The van der Waals surface area contributed by atoms with Crippen LogP contribution in [0.3, 0.4) is 0 Å². The van der Waals surface area contributed by atoms with Gasteiger partial charge in [-0.1, -0.05) is 30.3 Å². The van der Waals surface area contributed by atoms with Crippen molar-refractivity contribution < 1.29 is 30.6 Å². The largest absolute Gasteiger partial charge is 0.724 e. The number of halogens is 3. The molecule has 0 saturated carbocycles. The minimum Gasteiger partial charge on any atom is -0.724 e. The molecule has 0 radical (unpaired) electrons. The summed E-state index contributed by atoms with van der Waals surface area (Å²) in [7, 11) is 3.70. The van der Waals surface area contributed by atoms with E-state index < -0.39 is 68.2 Å². The van der Waals surface area contributed by atoms with Gasteiger partial charge in [0.25, 0.3) is 0 Å². The Labute approximate surface area is 207 Å². The summed E-state index contributed by atoms with van der Waals surface area (Å²) in [4.78, 5) is 17.1. The van der Waals surface area contributed by atoms with E-state index in [1.165, 1.54) is 4.90 Å². The number of likely N-dealkylation sites (N-methyl/N-ethyl adjacent to an activating group) is 2. The van der Waals surface area contributed by atoms with Gasteiger partial charge in [-0.25, -0.2) is 21.3 Å². The number of carbonyl (C=O) groups is 1. The molecule has 7 nitrogen and oxygen atoms in total. The first-order valence-corrected chi connectivity index (χ1v) is 12.5. The van der Waals surface area contributed by atoms with Crippen LogP contribution in [0.5, 0.6) is 0 Å². The van der Waals surface area contributed by atoms with Crippen LogP contribution in [0.2, 0.25) is 0 Å². The van der Waals surface area contributed by atoms with Crippen LogP contribution in [0.4, 0.5) is 13.2 Å². The van der Waals surface area contributed by atoms with E-state index in [0.717, 1.165) is 52.5 Å². The van der Waals surface area contributed by atoms with Crippen LogP contribution >= 0.6 is 0 Å². The number of hydrogen-bond donors (Lipinski definition) is 1. The minimum atomic E-state index is -3.02. The van der Waals surface area contributed by atoms with Crippen molar-refractivity contribution >= 4 is 17.2 Å². The fourth-order valence-corrected chi connectivity index (χ4v) is 5.25. The van der Waals surface area contributed by atoms with Gasteiger partial charge in [-0.05, 0) is 38.4 Å². The Morgan fingerprint density at radius 3 is 2.37 bits per heavy atom. The lowest BCUT2D eigenvalue weighted by Gasteiger charge is -2.49. The maximum atomic E-state index is 15.5. The van der Waals surface area contributed by atoms with Gasteiger partial charge in [0.1, 0.15) is 11.3 Å². The number of amides is 1. The molecule has 2 aliphatic rings. The summed E-state index contributed by atoms with van der Waals surface area (Å²) in [5.74, 6) is -3.58. The highest BCUT2D eigenvalue weighted by molar-refractivity contribution is 7.73. The highest BCUT2D eigenvalue weighted by atomic mass is 32.2. The van der Waals surface area contributed by atoms with Crippen molar-refractivity contribution in [2.75, 3.05) is 40.8 Å². The number of quaternary nitrogens is 1. The van der Waals surface area contributed by atoms with E-state index in [1.54, 1.807) is 7.05 Å². The van der Waals surface area contributed by atoms with Crippen LogP contribution in [0, 0.1) is 0 Å². The molecule has 4 atom stereocenters. The second kappa shape index (κ2) is 10.5. The molecule has 3 unspecified atom stereocenters. The van der Waals surface area contributed by atoms with Gasteiger partial charge < -0.3 is 14.4 Å². The molecule has 35 heavy (non-hydrogen) atoms. The molecule has 0 aromatic heterocycles. The summed E-state index contributed by atoms with van der Waals surface area (Å²) >= 11 is -3.02. The van der Waals surface area contributed by atoms with Gasteiger partial charge in [0, 0.05) is 19.2 Å². The molecule has 1 saturated heterocycles. The van der Waals surface area contributed by atoms with E-state index in [9.17, 15) is 17.9 Å². The van der Waals surface area contributed by atoms with Crippen molar-refractivity contribution in [2.24, 2.45) is 5.73 Å². The van der Waals surface area contributed by atoms with Gasteiger partial charge in [0.2, 0.25) is 11.6 Å². The highest BCUT2D eigenvalue weighted by Gasteiger charge is 2.59. The van der Waals surface area contributed by atoms with E-state index in [0.29, 0.717) is 6.54 Å². The van der Waals surface area contributed by atoms with Crippen LogP contribution < -0.4 is 5.73 Å². The molecular weight excluding hydrogens is 481 g/mol. The first-order valence-electron chi connectivity index (χ1n) is 11.5. The molecule has 1 aromatic rings. The molecule has 1 fully saturated rings. The number of alkyl halides is 1. The third kappa shape index (κ3) is 4.97. The van der Waals surface area contributed by atoms with Gasteiger partial charge >= 0.3 is 0 Å². The molecule has 1 amide bonds. The summed E-state index contributed by atoms with van der Waals surface area (Å²) in [6, 6.07) is 8.90. The molecule has 0 spiro atoms. The van der Waals surface area contributed by atoms with Crippen molar-refractivity contribution in [1.82, 2.24) is 9.80 Å². The van der Waals surface area contributed by atoms with Gasteiger partial charge in [-0.2, -0.15) is 0 Å². The van der Waals surface area contributed by atoms with Crippen LogP contribution in [0.25, 0.3) is 0 Å². The zero-order valence-corrected chi connectivity index (χ0v) is 21.3. The van der Waals surface area contributed by atoms with Crippen LogP contribution in [-0.4, -0.2) is 81.0 Å². The predicted octanol–water partition coefficient (Wildman–Crippen LogP) is 3.02. The Bertz CT molecular complexity index is 1040. The van der Waals surface area contributed by atoms with E-state index >= 15 is 8.78 Å². The Kier molecular flexibility index (Phi) is 8.27. The zero-order valence-electron chi connectivity index (χ0n) is 20.5. The molecule has 1 aliphatic carbocycles. The summed E-state index contributed by atoms with van der Waals surface area (Å²) in [5.41, 5.74) is 3.21. The zero-order chi connectivity index (χ0) is 26.1. The average Bonchev–Trinajstić information content (AvgIpc) is 3.35. The predicted molar refractivity (Wildman–Crippen MR) is 127 cm³/mol. The van der Waals surface area contributed by atoms with Gasteiger partial charge in [0.05, 0.1) is 32.1 Å². The molecule has 11 heteroatoms. The van der Waals surface area contributed by atoms with Crippen molar-refractivity contribution in [3.05, 3.63) is 58.7 Å². The number of benzene rings is 1. The molecule has 1 aromatic carbocycles. The van der Waals surface area contributed by atoms with Crippen molar-refractivity contribution in [3.8, 4) is 0 Å². The van der Waals surface area contributed by atoms with E-state index in [4.69, 9.17) is 5.73 Å². The van der Waals surface area contributed by atoms with E-state index in [-0.39, 0.29) is 0 Å². The quantitative estimate of drug-likeness (QED) is 0.327.